The second kappa shape index (κ2) is 12.5. The van der Waals surface area contributed by atoms with Gasteiger partial charge in [0.05, 0.1) is 7.98 Å². The summed E-state index contributed by atoms with van der Waals surface area (Å²) >= 11 is 1.67. The topological polar surface area (TPSA) is 66.8 Å². The van der Waals surface area contributed by atoms with Gasteiger partial charge < -0.3 is 14.7 Å². The van der Waals surface area contributed by atoms with Crippen LogP contribution in [0.1, 0.15) is 68.7 Å². The van der Waals surface area contributed by atoms with E-state index in [2.05, 4.69) is 6.07 Å². The molecule has 1 atom stereocenters. The molecule has 0 bridgehead atoms. The van der Waals surface area contributed by atoms with Gasteiger partial charge in [0.1, 0.15) is 5.75 Å². The molecule has 1 aliphatic carbocycles. The molecule has 1 saturated carbocycles. The molecule has 1 N–H and O–H groups in total. The number of rotatable bonds is 12. The number of benzene rings is 2. The Labute approximate surface area is 212 Å². The van der Waals surface area contributed by atoms with Gasteiger partial charge in [-0.15, -0.1) is 11.3 Å². The quantitative estimate of drug-likeness (QED) is 0.276. The van der Waals surface area contributed by atoms with Crippen molar-refractivity contribution in [2.24, 2.45) is 0 Å². The number of carbonyl (C=O) groups is 2. The van der Waals surface area contributed by atoms with Crippen LogP contribution in [0, 0.1) is 0 Å². The van der Waals surface area contributed by atoms with E-state index in [0.717, 1.165) is 49.0 Å². The van der Waals surface area contributed by atoms with Gasteiger partial charge in [0, 0.05) is 35.0 Å². The van der Waals surface area contributed by atoms with Crippen molar-refractivity contribution in [2.45, 2.75) is 63.9 Å². The van der Waals surface area contributed by atoms with Gasteiger partial charge in [-0.05, 0) is 67.3 Å². The van der Waals surface area contributed by atoms with Gasteiger partial charge in [-0.3, -0.25) is 9.59 Å². The maximum Gasteiger partial charge on any atom is 0.303 e. The molecular formula is C29H33NO4S. The van der Waals surface area contributed by atoms with E-state index >= 15 is 0 Å². The third kappa shape index (κ3) is 6.95. The molecule has 0 aliphatic heterocycles. The van der Waals surface area contributed by atoms with Crippen LogP contribution < -0.4 is 4.74 Å². The lowest BCUT2D eigenvalue weighted by Crippen LogP contribution is -2.38. The number of amides is 1. The Hall–Kier alpha value is -3.12. The summed E-state index contributed by atoms with van der Waals surface area (Å²) in [5.41, 5.74) is 2.35. The fraction of sp³-hybridized carbons (Fsp3) is 0.379. The maximum atomic E-state index is 13.8. The number of nitrogens with zero attached hydrogens (tertiary/aromatic N) is 1. The molecule has 4 rings (SSSR count). The lowest BCUT2D eigenvalue weighted by atomic mass is 10.1. The number of hydrogen-bond acceptors (Lipinski definition) is 4. The van der Waals surface area contributed by atoms with Crippen LogP contribution in [-0.2, 0) is 11.3 Å². The lowest BCUT2D eigenvalue weighted by molar-refractivity contribution is -0.137. The average Bonchev–Trinajstić information content (AvgIpc) is 3.61. The number of hydrogen-bond donors (Lipinski definition) is 1. The van der Waals surface area contributed by atoms with Crippen molar-refractivity contribution in [3.63, 3.8) is 0 Å². The zero-order chi connectivity index (χ0) is 25.3. The van der Waals surface area contributed by atoms with E-state index in [-0.39, 0.29) is 18.4 Å². The number of thiophene rings is 1. The first-order valence-electron chi connectivity index (χ1n) is 12.9. The lowest BCUT2D eigenvalue weighted by Gasteiger charge is -2.30. The summed E-state index contributed by atoms with van der Waals surface area (Å²) in [4.78, 5) is 27.4. The van der Waals surface area contributed by atoms with Crippen LogP contribution in [0.5, 0.6) is 5.75 Å². The predicted octanol–water partition coefficient (Wildman–Crippen LogP) is 7.02. The van der Waals surface area contributed by atoms with Crippen molar-refractivity contribution in [2.75, 3.05) is 6.61 Å². The molecule has 0 radical (unpaired) electrons. The highest BCUT2D eigenvalue weighted by molar-refractivity contribution is 7.13. The molecule has 6 heteroatoms. The number of ether oxygens (including phenoxy) is 1. The maximum absolute atomic E-state index is 13.8. The van der Waals surface area contributed by atoms with E-state index in [4.69, 9.17) is 11.2 Å². The Balaban J connectivity index is 1.50. The molecule has 3 aromatic rings. The van der Waals surface area contributed by atoms with Crippen LogP contribution in [0.15, 0.2) is 66.0 Å². The molecule has 1 heterocycles. The monoisotopic (exact) mass is 492 g/mol. The second-order valence-corrected chi connectivity index (χ2v) is 9.87. The summed E-state index contributed by atoms with van der Waals surface area (Å²) < 4.78 is 15.2. The third-order valence-electron chi connectivity index (χ3n) is 6.38. The van der Waals surface area contributed by atoms with E-state index in [1.165, 1.54) is 0 Å². The summed E-state index contributed by atoms with van der Waals surface area (Å²) in [6, 6.07) is 19.3. The zero-order valence-corrected chi connectivity index (χ0v) is 20.7. The number of unbranched alkanes of at least 4 members (excludes halogenated alkanes) is 2. The molecule has 1 aromatic heterocycles. The Morgan fingerprint density at radius 1 is 1.00 bits per heavy atom. The van der Waals surface area contributed by atoms with Gasteiger partial charge >= 0.3 is 5.97 Å². The molecule has 184 valence electrons. The van der Waals surface area contributed by atoms with Crippen LogP contribution in [0.3, 0.4) is 0 Å². The summed E-state index contributed by atoms with van der Waals surface area (Å²) in [5, 5.41) is 10.8. The smallest absolute Gasteiger partial charge is 0.303 e. The largest absolute Gasteiger partial charge is 0.493 e. The van der Waals surface area contributed by atoms with E-state index in [0.29, 0.717) is 29.9 Å². The number of para-hydroxylation sites is 1. The number of carboxylic acids is 1. The van der Waals surface area contributed by atoms with Crippen LogP contribution in [0.4, 0.5) is 0 Å². The highest BCUT2D eigenvalue weighted by atomic mass is 32.1. The minimum absolute atomic E-state index is 0.0287. The van der Waals surface area contributed by atoms with Gasteiger partial charge in [-0.1, -0.05) is 49.2 Å². The SMILES string of the molecule is [2H]C(c1ccccc1OCCCCCC(=O)O)N(C(=O)c1ccc(-c2cccs2)cc1)C1CCCC1. The standard InChI is InChI=1S/C29H33NO4S/c31-28(32)14-2-1-7-19-34-26-12-6-3-9-24(26)21-30(25-10-4-5-11-25)29(33)23-17-15-22(16-18-23)27-13-8-20-35-27/h3,6,8-9,12-13,15-18,20,25H,1-2,4-5,7,10-11,14,19,21H2,(H,31,32)/i21D. The highest BCUT2D eigenvalue weighted by Gasteiger charge is 2.28. The van der Waals surface area contributed by atoms with Crippen molar-refractivity contribution in [3.8, 4) is 16.2 Å². The number of carboxylic acid groups (broad SMARTS) is 1. The van der Waals surface area contributed by atoms with Gasteiger partial charge in [0.15, 0.2) is 0 Å². The molecule has 1 fully saturated rings. The summed E-state index contributed by atoms with van der Waals surface area (Å²) in [6.45, 7) is -0.425. The van der Waals surface area contributed by atoms with Crippen molar-refractivity contribution < 1.29 is 20.8 Å². The fourth-order valence-electron chi connectivity index (χ4n) is 4.49. The molecule has 1 aliphatic rings. The third-order valence-corrected chi connectivity index (χ3v) is 7.30. The van der Waals surface area contributed by atoms with E-state index in [9.17, 15) is 9.59 Å². The number of carbonyl (C=O) groups excluding carboxylic acids is 1. The second-order valence-electron chi connectivity index (χ2n) is 8.93. The van der Waals surface area contributed by atoms with E-state index < -0.39 is 12.5 Å². The molecule has 5 nitrogen and oxygen atoms in total. The molecule has 1 unspecified atom stereocenters. The average molecular weight is 493 g/mol. The summed E-state index contributed by atoms with van der Waals surface area (Å²) in [5.74, 6) is -0.293. The fourth-order valence-corrected chi connectivity index (χ4v) is 5.22. The van der Waals surface area contributed by atoms with Gasteiger partial charge in [0.2, 0.25) is 0 Å². The van der Waals surface area contributed by atoms with Crippen LogP contribution in [-0.4, -0.2) is 34.5 Å². The molecule has 35 heavy (non-hydrogen) atoms. The van der Waals surface area contributed by atoms with Crippen molar-refractivity contribution >= 4 is 23.2 Å². The zero-order valence-electron chi connectivity index (χ0n) is 20.9. The van der Waals surface area contributed by atoms with Crippen molar-refractivity contribution in [3.05, 3.63) is 77.2 Å². The molecule has 2 aromatic carbocycles. The van der Waals surface area contributed by atoms with Crippen LogP contribution in [0.2, 0.25) is 0 Å². The Morgan fingerprint density at radius 3 is 2.49 bits per heavy atom. The Kier molecular flexibility index (Phi) is 8.46. The van der Waals surface area contributed by atoms with E-state index in [1.807, 2.05) is 60.0 Å². The summed E-state index contributed by atoms with van der Waals surface area (Å²) in [6.07, 6.45) is 6.23. The first-order chi connectivity index (χ1) is 17.5. The van der Waals surface area contributed by atoms with Crippen molar-refractivity contribution in [1.29, 1.82) is 0 Å². The van der Waals surface area contributed by atoms with Crippen LogP contribution in [0.25, 0.3) is 10.4 Å². The minimum Gasteiger partial charge on any atom is -0.493 e. The first kappa shape index (κ1) is 23.6. The normalized spacial score (nSPS) is 14.9. The highest BCUT2D eigenvalue weighted by Crippen LogP contribution is 2.30. The first-order valence-corrected chi connectivity index (χ1v) is 13.2. The van der Waals surface area contributed by atoms with Gasteiger partial charge in [-0.25, -0.2) is 0 Å². The Morgan fingerprint density at radius 2 is 1.77 bits per heavy atom. The van der Waals surface area contributed by atoms with Gasteiger partial charge in [-0.2, -0.15) is 0 Å². The predicted molar refractivity (Wildman–Crippen MR) is 140 cm³/mol. The molecule has 0 saturated heterocycles. The minimum atomic E-state index is -0.874. The van der Waals surface area contributed by atoms with Crippen molar-refractivity contribution in [1.82, 2.24) is 4.90 Å². The van der Waals surface area contributed by atoms with E-state index in [1.54, 1.807) is 16.2 Å². The Bertz CT molecular complexity index is 1130. The molecule has 0 spiro atoms. The summed E-state index contributed by atoms with van der Waals surface area (Å²) in [7, 11) is 0. The molecule has 1 amide bonds. The van der Waals surface area contributed by atoms with Crippen LogP contribution >= 0.6 is 11.3 Å². The van der Waals surface area contributed by atoms with Gasteiger partial charge in [0.25, 0.3) is 5.91 Å². The number of aliphatic carboxylic acids is 1. The molecular weight excluding hydrogens is 458 g/mol.